The third kappa shape index (κ3) is 3.48. The lowest BCUT2D eigenvalue weighted by molar-refractivity contribution is 0.0638. The Bertz CT molecular complexity index is 1230. The highest BCUT2D eigenvalue weighted by Gasteiger charge is 2.35. The molecule has 2 heterocycles. The highest BCUT2D eigenvalue weighted by atomic mass is 16.5. The van der Waals surface area contributed by atoms with E-state index in [0.29, 0.717) is 36.3 Å². The lowest BCUT2D eigenvalue weighted by atomic mass is 9.91. The van der Waals surface area contributed by atoms with Gasteiger partial charge in [-0.25, -0.2) is 0 Å². The minimum Gasteiger partial charge on any atom is -0.385 e. The van der Waals surface area contributed by atoms with Crippen molar-refractivity contribution in [3.05, 3.63) is 70.4 Å². The number of imide groups is 1. The van der Waals surface area contributed by atoms with Gasteiger partial charge in [0.25, 0.3) is 17.7 Å². The first-order valence-electron chi connectivity index (χ1n) is 11.0. The van der Waals surface area contributed by atoms with E-state index in [-0.39, 0.29) is 23.8 Å². The normalized spacial score (nSPS) is 17.5. The Balaban J connectivity index is 1.29. The maximum absolute atomic E-state index is 12.9. The first-order chi connectivity index (χ1) is 15.6. The quantitative estimate of drug-likeness (QED) is 0.464. The van der Waals surface area contributed by atoms with Crippen molar-refractivity contribution >= 4 is 28.6 Å². The highest BCUT2D eigenvalue weighted by molar-refractivity contribution is 6.22. The van der Waals surface area contributed by atoms with Gasteiger partial charge in [-0.15, -0.1) is 0 Å². The molecular formula is C25H25N3O4. The minimum atomic E-state index is -0.351. The van der Waals surface area contributed by atoms with Gasteiger partial charge in [0.05, 0.1) is 11.1 Å². The number of aromatic amines is 1. The Kier molecular flexibility index (Phi) is 5.27. The van der Waals surface area contributed by atoms with Crippen LogP contribution in [-0.2, 0) is 17.6 Å². The predicted octanol–water partition coefficient (Wildman–Crippen LogP) is 3.09. The highest BCUT2D eigenvalue weighted by Crippen LogP contribution is 2.29. The summed E-state index contributed by atoms with van der Waals surface area (Å²) in [6.07, 6.45) is 3.08. The van der Waals surface area contributed by atoms with Crippen LogP contribution in [0.2, 0.25) is 0 Å². The molecule has 5 rings (SSSR count). The van der Waals surface area contributed by atoms with Crippen molar-refractivity contribution in [3.8, 4) is 0 Å². The monoisotopic (exact) mass is 431 g/mol. The molecule has 2 aromatic carbocycles. The van der Waals surface area contributed by atoms with E-state index in [1.165, 1.54) is 21.5 Å². The van der Waals surface area contributed by atoms with Gasteiger partial charge in [0, 0.05) is 54.9 Å². The molecule has 0 saturated heterocycles. The summed E-state index contributed by atoms with van der Waals surface area (Å²) in [7, 11) is 1.58. The van der Waals surface area contributed by atoms with Crippen molar-refractivity contribution < 1.29 is 19.1 Å². The molecule has 1 unspecified atom stereocenters. The third-order valence-corrected chi connectivity index (χ3v) is 6.39. The van der Waals surface area contributed by atoms with E-state index in [1.54, 1.807) is 25.3 Å². The smallest absolute Gasteiger partial charge is 0.261 e. The number of para-hydroxylation sites is 1. The maximum Gasteiger partial charge on any atom is 0.261 e. The summed E-state index contributed by atoms with van der Waals surface area (Å²) >= 11 is 0. The SMILES string of the molecule is COCCCN1C(=O)c2ccc(C(=O)NC3CCc4c([nH]c5ccccc45)C3)cc2C1=O. The van der Waals surface area contributed by atoms with Gasteiger partial charge in [-0.3, -0.25) is 19.3 Å². The van der Waals surface area contributed by atoms with Gasteiger partial charge in [-0.1, -0.05) is 18.2 Å². The number of aryl methyl sites for hydroxylation is 1. The molecule has 32 heavy (non-hydrogen) atoms. The number of hydrogen-bond donors (Lipinski definition) is 2. The molecule has 2 aliphatic rings. The van der Waals surface area contributed by atoms with E-state index in [2.05, 4.69) is 22.4 Å². The average Bonchev–Trinajstić information content (AvgIpc) is 3.29. The van der Waals surface area contributed by atoms with Crippen LogP contribution < -0.4 is 5.32 Å². The zero-order valence-corrected chi connectivity index (χ0v) is 17.9. The number of nitrogens with zero attached hydrogens (tertiary/aromatic N) is 1. The number of aromatic nitrogens is 1. The van der Waals surface area contributed by atoms with Crippen LogP contribution in [0.3, 0.4) is 0 Å². The average molecular weight is 431 g/mol. The van der Waals surface area contributed by atoms with Crippen LogP contribution in [0.1, 0.15) is 55.2 Å². The largest absolute Gasteiger partial charge is 0.385 e. The lowest BCUT2D eigenvalue weighted by Crippen LogP contribution is -2.38. The lowest BCUT2D eigenvalue weighted by Gasteiger charge is -2.23. The fraction of sp³-hybridized carbons (Fsp3) is 0.320. The van der Waals surface area contributed by atoms with Crippen LogP contribution in [0, 0.1) is 0 Å². The molecule has 7 heteroatoms. The standard InChI is InChI=1S/C25H25N3O4/c1-32-12-4-11-28-24(30)19-9-7-15(13-20(19)25(28)31)23(29)26-16-8-10-18-17-5-2-3-6-21(17)27-22(18)14-16/h2-3,5-7,9,13,16,27H,4,8,10-12,14H2,1H3,(H,26,29). The molecule has 1 atom stereocenters. The van der Waals surface area contributed by atoms with Crippen molar-refractivity contribution in [2.45, 2.75) is 31.7 Å². The van der Waals surface area contributed by atoms with Gasteiger partial charge < -0.3 is 15.0 Å². The molecule has 1 aromatic heterocycles. The van der Waals surface area contributed by atoms with Crippen LogP contribution in [0.25, 0.3) is 10.9 Å². The second-order valence-electron chi connectivity index (χ2n) is 8.41. The molecule has 7 nitrogen and oxygen atoms in total. The molecule has 2 N–H and O–H groups in total. The van der Waals surface area contributed by atoms with Crippen molar-refractivity contribution in [2.75, 3.05) is 20.3 Å². The fourth-order valence-corrected chi connectivity index (χ4v) is 4.78. The van der Waals surface area contributed by atoms with Crippen molar-refractivity contribution in [1.82, 2.24) is 15.2 Å². The molecule has 0 bridgehead atoms. The molecule has 0 spiro atoms. The first-order valence-corrected chi connectivity index (χ1v) is 11.0. The van der Waals surface area contributed by atoms with E-state index in [4.69, 9.17) is 4.74 Å². The summed E-state index contributed by atoms with van der Waals surface area (Å²) in [4.78, 5) is 42.9. The van der Waals surface area contributed by atoms with Crippen molar-refractivity contribution in [1.29, 1.82) is 0 Å². The number of nitrogens with one attached hydrogen (secondary N) is 2. The van der Waals surface area contributed by atoms with E-state index in [9.17, 15) is 14.4 Å². The number of ether oxygens (including phenoxy) is 1. The number of amides is 3. The number of H-pyrrole nitrogens is 1. The third-order valence-electron chi connectivity index (χ3n) is 6.39. The first kappa shape index (κ1) is 20.5. The number of benzene rings is 2. The molecule has 0 saturated carbocycles. The summed E-state index contributed by atoms with van der Waals surface area (Å²) < 4.78 is 5.01. The van der Waals surface area contributed by atoms with Gasteiger partial charge >= 0.3 is 0 Å². The maximum atomic E-state index is 12.9. The molecule has 3 aromatic rings. The summed E-state index contributed by atoms with van der Waals surface area (Å²) in [6, 6.07) is 13.0. The van der Waals surface area contributed by atoms with E-state index in [1.807, 2.05) is 12.1 Å². The Morgan fingerprint density at radius 2 is 1.97 bits per heavy atom. The minimum absolute atomic E-state index is 0.0131. The van der Waals surface area contributed by atoms with Crippen LogP contribution in [-0.4, -0.2) is 53.9 Å². The van der Waals surface area contributed by atoms with Crippen molar-refractivity contribution in [2.24, 2.45) is 0 Å². The molecule has 3 amide bonds. The van der Waals surface area contributed by atoms with Gasteiger partial charge in [-0.05, 0) is 49.1 Å². The zero-order valence-electron chi connectivity index (χ0n) is 17.9. The van der Waals surface area contributed by atoms with Crippen molar-refractivity contribution in [3.63, 3.8) is 0 Å². The second kappa shape index (κ2) is 8.24. The number of fused-ring (bicyclic) bond motifs is 4. The Morgan fingerprint density at radius 3 is 2.81 bits per heavy atom. The summed E-state index contributed by atoms with van der Waals surface area (Å²) in [5.41, 5.74) is 4.67. The second-order valence-corrected chi connectivity index (χ2v) is 8.41. The molecule has 1 aliphatic carbocycles. The molecule has 164 valence electrons. The van der Waals surface area contributed by atoms with Crippen LogP contribution in [0.5, 0.6) is 0 Å². The number of hydrogen-bond acceptors (Lipinski definition) is 4. The topological polar surface area (TPSA) is 91.5 Å². The van der Waals surface area contributed by atoms with Crippen LogP contribution in [0.4, 0.5) is 0 Å². The summed E-state index contributed by atoms with van der Waals surface area (Å²) in [5.74, 6) is -0.890. The van der Waals surface area contributed by atoms with Gasteiger partial charge in [0.1, 0.15) is 0 Å². The number of carbonyl (C=O) groups is 3. The van der Waals surface area contributed by atoms with E-state index in [0.717, 1.165) is 24.8 Å². The Hall–Kier alpha value is -3.45. The van der Waals surface area contributed by atoms with Gasteiger partial charge in [-0.2, -0.15) is 0 Å². The van der Waals surface area contributed by atoms with E-state index >= 15 is 0 Å². The number of rotatable bonds is 6. The predicted molar refractivity (Wildman–Crippen MR) is 120 cm³/mol. The van der Waals surface area contributed by atoms with E-state index < -0.39 is 0 Å². The molecular weight excluding hydrogens is 406 g/mol. The molecule has 1 aliphatic heterocycles. The number of carbonyl (C=O) groups excluding carboxylic acids is 3. The van der Waals surface area contributed by atoms with Crippen LogP contribution >= 0.6 is 0 Å². The molecule has 0 fully saturated rings. The fourth-order valence-electron chi connectivity index (χ4n) is 4.78. The Labute approximate surface area is 185 Å². The zero-order chi connectivity index (χ0) is 22.2. The van der Waals surface area contributed by atoms with Crippen LogP contribution in [0.15, 0.2) is 42.5 Å². The summed E-state index contributed by atoms with van der Waals surface area (Å²) in [6.45, 7) is 0.775. The van der Waals surface area contributed by atoms with Gasteiger partial charge in [0.2, 0.25) is 0 Å². The number of methoxy groups -OCH3 is 1. The molecule has 0 radical (unpaired) electrons. The Morgan fingerprint density at radius 1 is 1.16 bits per heavy atom. The van der Waals surface area contributed by atoms with Gasteiger partial charge in [0.15, 0.2) is 0 Å². The summed E-state index contributed by atoms with van der Waals surface area (Å²) in [5, 5.41) is 4.36.